The first-order chi connectivity index (χ1) is 14.4. The molecule has 0 bridgehead atoms. The van der Waals surface area contributed by atoms with Crippen molar-refractivity contribution in [1.29, 1.82) is 0 Å². The number of fused-ring (bicyclic) bond motifs is 3. The lowest BCUT2D eigenvalue weighted by molar-refractivity contribution is -0.277. The lowest BCUT2D eigenvalue weighted by Crippen LogP contribution is -2.60. The minimum absolute atomic E-state index is 0.122. The first-order valence-corrected chi connectivity index (χ1v) is 9.17. The normalized spacial score (nSPS) is 26.8. The maximum absolute atomic E-state index is 10.3. The number of phenolic OH excluding ortho intramolecular Hbond substituents is 1. The number of furan rings is 1. The van der Waals surface area contributed by atoms with Gasteiger partial charge >= 0.3 is 0 Å². The Morgan fingerprint density at radius 2 is 1.73 bits per heavy atom. The van der Waals surface area contributed by atoms with E-state index in [2.05, 4.69) is 0 Å². The van der Waals surface area contributed by atoms with Gasteiger partial charge in [0, 0.05) is 16.8 Å². The second-order valence-corrected chi connectivity index (χ2v) is 6.91. The molecule has 0 amide bonds. The molecular weight excluding hydrogens is 400 g/mol. The predicted octanol–water partition coefficient (Wildman–Crippen LogP) is 0.487. The van der Waals surface area contributed by atoms with Crippen LogP contribution in [-0.4, -0.2) is 77.1 Å². The molecule has 1 aromatic heterocycles. The van der Waals surface area contributed by atoms with Gasteiger partial charge in [0.1, 0.15) is 35.7 Å². The van der Waals surface area contributed by atoms with Crippen LogP contribution >= 0.6 is 0 Å². The molecule has 1 aliphatic heterocycles. The smallest absolute Gasteiger partial charge is 0.229 e. The minimum Gasteiger partial charge on any atom is -0.502 e. The highest BCUT2D eigenvalue weighted by atomic mass is 16.7. The zero-order valence-electron chi connectivity index (χ0n) is 16.2. The molecule has 0 saturated carbocycles. The Bertz CT molecular complexity index is 1060. The molecule has 30 heavy (non-hydrogen) atoms. The molecule has 162 valence electrons. The van der Waals surface area contributed by atoms with Crippen LogP contribution in [0.15, 0.2) is 28.7 Å². The summed E-state index contributed by atoms with van der Waals surface area (Å²) in [6.45, 7) is -0.557. The molecule has 1 fully saturated rings. The van der Waals surface area contributed by atoms with Gasteiger partial charge in [-0.1, -0.05) is 0 Å². The summed E-state index contributed by atoms with van der Waals surface area (Å²) in [4.78, 5) is 0. The molecular formula is C20H22O10. The summed E-state index contributed by atoms with van der Waals surface area (Å²) in [6, 6.07) is 6.47. The number of methoxy groups -OCH3 is 2. The van der Waals surface area contributed by atoms with Crippen molar-refractivity contribution in [1.82, 2.24) is 0 Å². The minimum atomic E-state index is -1.55. The van der Waals surface area contributed by atoms with Gasteiger partial charge in [0.25, 0.3) is 0 Å². The molecule has 0 spiro atoms. The van der Waals surface area contributed by atoms with Crippen LogP contribution in [0.25, 0.3) is 21.9 Å². The summed E-state index contributed by atoms with van der Waals surface area (Å²) in [5.74, 6) is 0.408. The second kappa shape index (κ2) is 7.82. The van der Waals surface area contributed by atoms with E-state index in [1.807, 2.05) is 0 Å². The molecule has 1 saturated heterocycles. The van der Waals surface area contributed by atoms with Crippen molar-refractivity contribution in [3.8, 4) is 23.0 Å². The molecule has 1 aliphatic rings. The molecule has 5 atom stereocenters. The summed E-state index contributed by atoms with van der Waals surface area (Å²) >= 11 is 0. The Balaban J connectivity index is 1.71. The van der Waals surface area contributed by atoms with Crippen molar-refractivity contribution < 1.29 is 48.9 Å². The molecule has 10 heteroatoms. The number of phenols is 1. The molecule has 2 aromatic carbocycles. The molecule has 10 nitrogen and oxygen atoms in total. The Morgan fingerprint density at radius 1 is 0.967 bits per heavy atom. The molecule has 0 aliphatic carbocycles. The van der Waals surface area contributed by atoms with Gasteiger partial charge in [0.15, 0.2) is 11.3 Å². The predicted molar refractivity (Wildman–Crippen MR) is 103 cm³/mol. The van der Waals surface area contributed by atoms with Gasteiger partial charge in [-0.3, -0.25) is 0 Å². The van der Waals surface area contributed by atoms with Gasteiger partial charge < -0.3 is 48.9 Å². The number of aliphatic hydroxyl groups is 4. The van der Waals surface area contributed by atoms with Crippen LogP contribution in [0.3, 0.4) is 0 Å². The van der Waals surface area contributed by atoms with E-state index in [-0.39, 0.29) is 23.0 Å². The topological polar surface area (TPSA) is 151 Å². The van der Waals surface area contributed by atoms with Crippen molar-refractivity contribution in [3.05, 3.63) is 24.3 Å². The van der Waals surface area contributed by atoms with Crippen LogP contribution in [0, 0.1) is 0 Å². The van der Waals surface area contributed by atoms with Crippen LogP contribution < -0.4 is 14.2 Å². The van der Waals surface area contributed by atoms with Crippen molar-refractivity contribution in [2.45, 2.75) is 30.7 Å². The van der Waals surface area contributed by atoms with Crippen molar-refractivity contribution in [2.24, 2.45) is 0 Å². The van der Waals surface area contributed by atoms with E-state index < -0.39 is 37.3 Å². The number of hydrogen-bond donors (Lipinski definition) is 5. The van der Waals surface area contributed by atoms with Gasteiger partial charge in [-0.05, 0) is 18.2 Å². The lowest BCUT2D eigenvalue weighted by atomic mass is 9.99. The van der Waals surface area contributed by atoms with Crippen LogP contribution in [0.2, 0.25) is 0 Å². The van der Waals surface area contributed by atoms with E-state index in [0.717, 1.165) is 0 Å². The number of hydrogen-bond acceptors (Lipinski definition) is 10. The molecule has 2 heterocycles. The molecule has 3 aromatic rings. The first kappa shape index (κ1) is 20.5. The number of aromatic hydroxyl groups is 1. The fraction of sp³-hybridized carbons (Fsp3) is 0.400. The summed E-state index contributed by atoms with van der Waals surface area (Å²) in [5.41, 5.74) is 0.717. The summed E-state index contributed by atoms with van der Waals surface area (Å²) in [6.07, 6.45) is -6.95. The monoisotopic (exact) mass is 422 g/mol. The Labute approximate surface area is 170 Å². The van der Waals surface area contributed by atoms with E-state index >= 15 is 0 Å². The number of rotatable bonds is 5. The SMILES string of the molecule is COc1cc2c(oc3cc(O[C@@H]4O[C@H](CO)[C@@H](O)[C@H](O)[C@H]4O)ccc32)c(OC)c1O. The van der Waals surface area contributed by atoms with E-state index in [9.17, 15) is 25.5 Å². The fourth-order valence-corrected chi connectivity index (χ4v) is 3.54. The maximum Gasteiger partial charge on any atom is 0.229 e. The molecule has 0 radical (unpaired) electrons. The summed E-state index contributed by atoms with van der Waals surface area (Å²) < 4.78 is 27.3. The van der Waals surface area contributed by atoms with Crippen LogP contribution in [0.1, 0.15) is 0 Å². The standard InChI is InChI=1S/C20H22O10/c1-26-12-6-10-9-4-3-8(5-11(9)29-18(10)19(27-2)15(12)23)28-20-17(25)16(24)14(22)13(7-21)30-20/h3-6,13-14,16-17,20-25H,7H2,1-2H3/t13-,14-,16+,17-,20-/m1/s1. The second-order valence-electron chi connectivity index (χ2n) is 6.91. The van der Waals surface area contributed by atoms with Gasteiger partial charge in [-0.2, -0.15) is 0 Å². The summed E-state index contributed by atoms with van der Waals surface area (Å²) in [5, 5.41) is 50.8. The summed E-state index contributed by atoms with van der Waals surface area (Å²) in [7, 11) is 2.82. The third-order valence-corrected chi connectivity index (χ3v) is 5.15. The van der Waals surface area contributed by atoms with Crippen LogP contribution in [-0.2, 0) is 4.74 Å². The largest absolute Gasteiger partial charge is 0.502 e. The Hall–Kier alpha value is -2.76. The van der Waals surface area contributed by atoms with Gasteiger partial charge in [-0.25, -0.2) is 0 Å². The average Bonchev–Trinajstić information content (AvgIpc) is 3.10. The van der Waals surface area contributed by atoms with Crippen molar-refractivity contribution in [3.63, 3.8) is 0 Å². The van der Waals surface area contributed by atoms with E-state index in [1.54, 1.807) is 24.3 Å². The average molecular weight is 422 g/mol. The lowest BCUT2D eigenvalue weighted by Gasteiger charge is -2.39. The zero-order valence-corrected chi connectivity index (χ0v) is 16.2. The highest BCUT2D eigenvalue weighted by Gasteiger charge is 2.44. The fourth-order valence-electron chi connectivity index (χ4n) is 3.54. The number of ether oxygens (including phenoxy) is 4. The third kappa shape index (κ3) is 3.18. The number of aliphatic hydroxyl groups excluding tert-OH is 4. The molecule has 4 rings (SSSR count). The highest BCUT2D eigenvalue weighted by Crippen LogP contribution is 2.46. The van der Waals surface area contributed by atoms with E-state index in [0.29, 0.717) is 21.9 Å². The maximum atomic E-state index is 10.3. The van der Waals surface area contributed by atoms with Crippen molar-refractivity contribution >= 4 is 21.9 Å². The van der Waals surface area contributed by atoms with Gasteiger partial charge in [-0.15, -0.1) is 0 Å². The molecule has 5 N–H and O–H groups in total. The number of benzene rings is 2. The Morgan fingerprint density at radius 3 is 2.40 bits per heavy atom. The van der Waals surface area contributed by atoms with E-state index in [1.165, 1.54) is 14.2 Å². The van der Waals surface area contributed by atoms with Gasteiger partial charge in [0.2, 0.25) is 17.8 Å². The Kier molecular flexibility index (Phi) is 5.35. The van der Waals surface area contributed by atoms with Crippen LogP contribution in [0.5, 0.6) is 23.0 Å². The van der Waals surface area contributed by atoms with Crippen molar-refractivity contribution in [2.75, 3.05) is 20.8 Å². The highest BCUT2D eigenvalue weighted by molar-refractivity contribution is 6.08. The first-order valence-electron chi connectivity index (χ1n) is 9.17. The molecule has 0 unspecified atom stereocenters. The third-order valence-electron chi connectivity index (χ3n) is 5.15. The zero-order chi connectivity index (χ0) is 21.6. The van der Waals surface area contributed by atoms with E-state index in [4.69, 9.17) is 23.4 Å². The van der Waals surface area contributed by atoms with Gasteiger partial charge in [0.05, 0.1) is 20.8 Å². The van der Waals surface area contributed by atoms with Crippen LogP contribution in [0.4, 0.5) is 0 Å². The quantitative estimate of drug-likeness (QED) is 0.393.